The van der Waals surface area contributed by atoms with Crippen LogP contribution in [0.25, 0.3) is 0 Å². The first-order valence-electron chi connectivity index (χ1n) is 5.79. The molecular weight excluding hydrogens is 238 g/mol. The number of halogens is 1. The van der Waals surface area contributed by atoms with Crippen molar-refractivity contribution in [3.63, 3.8) is 0 Å². The van der Waals surface area contributed by atoms with E-state index in [0.717, 1.165) is 47.5 Å². The van der Waals surface area contributed by atoms with Crippen LogP contribution in [0.1, 0.15) is 22.3 Å². The fourth-order valence-electron chi connectivity index (χ4n) is 2.68. The topological polar surface area (TPSA) is 42.2 Å². The standard InChI is InChI=1S/C13H12ClNO2/c14-4-1-8-9-2-5-17-13(9)11(7-15)10-3-6-16-12(8)10/h1-6H2. The van der Waals surface area contributed by atoms with Crippen LogP contribution < -0.4 is 9.47 Å². The van der Waals surface area contributed by atoms with Crippen molar-refractivity contribution in [1.29, 1.82) is 5.26 Å². The first-order valence-corrected chi connectivity index (χ1v) is 6.32. The predicted octanol–water partition coefficient (Wildman–Crippen LogP) is 2.21. The molecule has 88 valence electrons. The second kappa shape index (κ2) is 4.12. The lowest BCUT2D eigenvalue weighted by Crippen LogP contribution is -2.00. The summed E-state index contributed by atoms with van der Waals surface area (Å²) in [5, 5.41) is 9.28. The van der Waals surface area contributed by atoms with Gasteiger partial charge in [-0.2, -0.15) is 5.26 Å². The molecule has 1 aromatic carbocycles. The number of hydrogen-bond acceptors (Lipinski definition) is 3. The minimum Gasteiger partial charge on any atom is -0.493 e. The molecule has 0 fully saturated rings. The SMILES string of the molecule is N#Cc1c2c(c(CCCl)c3c1OCC3)OCC2. The highest BCUT2D eigenvalue weighted by atomic mass is 35.5. The number of ether oxygens (including phenoxy) is 2. The molecule has 3 nitrogen and oxygen atoms in total. The van der Waals surface area contributed by atoms with Crippen LogP contribution in [0.5, 0.6) is 11.5 Å². The molecule has 2 aliphatic heterocycles. The summed E-state index contributed by atoms with van der Waals surface area (Å²) >= 11 is 5.85. The van der Waals surface area contributed by atoms with Gasteiger partial charge in [-0.25, -0.2) is 0 Å². The summed E-state index contributed by atoms with van der Waals surface area (Å²) in [7, 11) is 0. The van der Waals surface area contributed by atoms with Crippen molar-refractivity contribution in [2.24, 2.45) is 0 Å². The number of hydrogen-bond donors (Lipinski definition) is 0. The number of alkyl halides is 1. The molecular formula is C13H12ClNO2. The van der Waals surface area contributed by atoms with Crippen LogP contribution in [0.3, 0.4) is 0 Å². The van der Waals surface area contributed by atoms with E-state index in [-0.39, 0.29) is 0 Å². The van der Waals surface area contributed by atoms with Gasteiger partial charge in [-0.15, -0.1) is 11.6 Å². The van der Waals surface area contributed by atoms with E-state index in [2.05, 4.69) is 6.07 Å². The van der Waals surface area contributed by atoms with E-state index in [9.17, 15) is 5.26 Å². The van der Waals surface area contributed by atoms with E-state index >= 15 is 0 Å². The summed E-state index contributed by atoms with van der Waals surface area (Å²) in [6, 6.07) is 2.26. The number of nitrogens with zero attached hydrogens (tertiary/aromatic N) is 1. The average molecular weight is 250 g/mol. The summed E-state index contributed by atoms with van der Waals surface area (Å²) in [6.45, 7) is 1.31. The molecule has 0 aliphatic carbocycles. The molecule has 0 N–H and O–H groups in total. The lowest BCUT2D eigenvalue weighted by Gasteiger charge is -2.13. The molecule has 0 aromatic heterocycles. The highest BCUT2D eigenvalue weighted by molar-refractivity contribution is 6.18. The Labute approximate surface area is 105 Å². The summed E-state index contributed by atoms with van der Waals surface area (Å²) < 4.78 is 11.3. The van der Waals surface area contributed by atoms with E-state index in [1.54, 1.807) is 0 Å². The third-order valence-corrected chi connectivity index (χ3v) is 3.56. The van der Waals surface area contributed by atoms with Gasteiger partial charge in [-0.1, -0.05) is 0 Å². The van der Waals surface area contributed by atoms with Crippen molar-refractivity contribution in [2.75, 3.05) is 19.1 Å². The zero-order valence-electron chi connectivity index (χ0n) is 9.38. The fraction of sp³-hybridized carbons (Fsp3) is 0.462. The van der Waals surface area contributed by atoms with Crippen molar-refractivity contribution in [2.45, 2.75) is 19.3 Å². The molecule has 2 heterocycles. The number of rotatable bonds is 2. The van der Waals surface area contributed by atoms with Gasteiger partial charge in [-0.3, -0.25) is 0 Å². The second-order valence-electron chi connectivity index (χ2n) is 4.22. The third-order valence-electron chi connectivity index (χ3n) is 3.37. The van der Waals surface area contributed by atoms with Gasteiger partial charge in [0.1, 0.15) is 23.1 Å². The van der Waals surface area contributed by atoms with Crippen molar-refractivity contribution in [3.8, 4) is 17.6 Å². The molecule has 2 aliphatic rings. The minimum atomic E-state index is 0.564. The van der Waals surface area contributed by atoms with E-state index < -0.39 is 0 Å². The lowest BCUT2D eigenvalue weighted by atomic mass is 9.93. The molecule has 0 unspecified atom stereocenters. The second-order valence-corrected chi connectivity index (χ2v) is 4.59. The summed E-state index contributed by atoms with van der Waals surface area (Å²) in [5.74, 6) is 2.23. The Kier molecular flexibility index (Phi) is 2.60. The molecule has 0 bridgehead atoms. The fourth-order valence-corrected chi connectivity index (χ4v) is 2.87. The zero-order valence-corrected chi connectivity index (χ0v) is 10.1. The van der Waals surface area contributed by atoms with Gasteiger partial charge in [0.05, 0.1) is 13.2 Å². The largest absolute Gasteiger partial charge is 0.493 e. The van der Waals surface area contributed by atoms with Gasteiger partial charge in [0.2, 0.25) is 0 Å². The van der Waals surface area contributed by atoms with Crippen LogP contribution in [0.15, 0.2) is 0 Å². The highest BCUT2D eigenvalue weighted by Crippen LogP contribution is 2.44. The van der Waals surface area contributed by atoms with Crippen molar-refractivity contribution >= 4 is 11.6 Å². The molecule has 17 heavy (non-hydrogen) atoms. The van der Waals surface area contributed by atoms with Crippen molar-refractivity contribution in [1.82, 2.24) is 0 Å². The van der Waals surface area contributed by atoms with Crippen LogP contribution in [0, 0.1) is 11.3 Å². The normalized spacial score (nSPS) is 15.8. The predicted molar refractivity (Wildman–Crippen MR) is 64.0 cm³/mol. The maximum atomic E-state index is 9.28. The van der Waals surface area contributed by atoms with Crippen LogP contribution in [0.4, 0.5) is 0 Å². The third kappa shape index (κ3) is 1.48. The smallest absolute Gasteiger partial charge is 0.141 e. The van der Waals surface area contributed by atoms with Crippen LogP contribution >= 0.6 is 11.6 Å². The highest BCUT2D eigenvalue weighted by Gasteiger charge is 2.30. The van der Waals surface area contributed by atoms with Crippen LogP contribution in [-0.4, -0.2) is 19.1 Å². The molecule has 0 spiro atoms. The van der Waals surface area contributed by atoms with E-state index in [0.29, 0.717) is 24.7 Å². The Morgan fingerprint density at radius 2 is 1.82 bits per heavy atom. The first kappa shape index (κ1) is 10.7. The Hall–Kier alpha value is -1.40. The molecule has 1 aromatic rings. The lowest BCUT2D eigenvalue weighted by molar-refractivity contribution is 0.353. The van der Waals surface area contributed by atoms with Gasteiger partial charge < -0.3 is 9.47 Å². The summed E-state index contributed by atoms with van der Waals surface area (Å²) in [6.07, 6.45) is 2.43. The Bertz CT molecular complexity index is 484. The van der Waals surface area contributed by atoms with Crippen molar-refractivity contribution in [3.05, 3.63) is 22.3 Å². The molecule has 4 heteroatoms. The molecule has 0 radical (unpaired) electrons. The maximum Gasteiger partial charge on any atom is 0.141 e. The first-order chi connectivity index (χ1) is 8.36. The number of nitriles is 1. The molecule has 0 saturated carbocycles. The minimum absolute atomic E-state index is 0.564. The van der Waals surface area contributed by atoms with Gasteiger partial charge in [0.25, 0.3) is 0 Å². The van der Waals surface area contributed by atoms with E-state index in [1.807, 2.05) is 0 Å². The maximum absolute atomic E-state index is 9.28. The van der Waals surface area contributed by atoms with Crippen molar-refractivity contribution < 1.29 is 9.47 Å². The number of benzene rings is 1. The van der Waals surface area contributed by atoms with Gasteiger partial charge in [0, 0.05) is 35.4 Å². The molecule has 0 saturated heterocycles. The summed E-state index contributed by atoms with van der Waals surface area (Å²) in [5.41, 5.74) is 3.96. The van der Waals surface area contributed by atoms with Gasteiger partial charge >= 0.3 is 0 Å². The monoisotopic (exact) mass is 249 g/mol. The molecule has 3 rings (SSSR count). The van der Waals surface area contributed by atoms with Gasteiger partial charge in [-0.05, 0) is 6.42 Å². The Morgan fingerprint density at radius 1 is 1.12 bits per heavy atom. The number of fused-ring (bicyclic) bond motifs is 2. The zero-order chi connectivity index (χ0) is 11.8. The van der Waals surface area contributed by atoms with E-state index in [4.69, 9.17) is 21.1 Å². The average Bonchev–Trinajstić information content (AvgIpc) is 2.96. The Balaban J connectivity index is 2.27. The van der Waals surface area contributed by atoms with Crippen LogP contribution in [-0.2, 0) is 19.3 Å². The van der Waals surface area contributed by atoms with Crippen LogP contribution in [0.2, 0.25) is 0 Å². The van der Waals surface area contributed by atoms with Gasteiger partial charge in [0.15, 0.2) is 0 Å². The summed E-state index contributed by atoms with van der Waals surface area (Å²) in [4.78, 5) is 0. The quantitative estimate of drug-likeness (QED) is 0.755. The van der Waals surface area contributed by atoms with E-state index in [1.165, 1.54) is 0 Å². The molecule has 0 amide bonds. The molecule has 0 atom stereocenters. The Morgan fingerprint density at radius 3 is 2.53 bits per heavy atom.